The van der Waals surface area contributed by atoms with Crippen LogP contribution in [-0.4, -0.2) is 15.0 Å². The molecular weight excluding hydrogens is 348 g/mol. The van der Waals surface area contributed by atoms with E-state index in [1.54, 1.807) is 19.2 Å². The van der Waals surface area contributed by atoms with Crippen molar-refractivity contribution in [2.75, 3.05) is 10.6 Å². The van der Waals surface area contributed by atoms with Crippen molar-refractivity contribution in [3.63, 3.8) is 0 Å². The molecule has 0 fully saturated rings. The van der Waals surface area contributed by atoms with Crippen LogP contribution in [-0.2, 0) is 0 Å². The van der Waals surface area contributed by atoms with Gasteiger partial charge in [0.05, 0.1) is 16.9 Å². The van der Waals surface area contributed by atoms with E-state index in [4.69, 9.17) is 0 Å². The van der Waals surface area contributed by atoms with Crippen LogP contribution in [0.25, 0.3) is 10.9 Å². The number of hydrogen-bond donors (Lipinski definition) is 2. The Balaban J connectivity index is 1.66. The average Bonchev–Trinajstić information content (AvgIpc) is 2.64. The van der Waals surface area contributed by atoms with Crippen molar-refractivity contribution in [2.45, 2.75) is 6.92 Å². The second-order valence-corrected chi connectivity index (χ2v) is 5.97. The normalized spacial score (nSPS) is 10.8. The van der Waals surface area contributed by atoms with Gasteiger partial charge in [-0.15, -0.1) is 0 Å². The van der Waals surface area contributed by atoms with E-state index in [-0.39, 0.29) is 11.6 Å². The molecule has 0 aliphatic carbocycles. The third kappa shape index (κ3) is 3.67. The molecule has 0 amide bonds. The van der Waals surface area contributed by atoms with Crippen LogP contribution in [0.1, 0.15) is 5.69 Å². The molecule has 0 bridgehead atoms. The number of rotatable bonds is 4. The van der Waals surface area contributed by atoms with Crippen molar-refractivity contribution in [3.8, 4) is 0 Å². The second-order valence-electron chi connectivity index (χ2n) is 5.97. The molecule has 27 heavy (non-hydrogen) atoms. The fourth-order valence-electron chi connectivity index (χ4n) is 2.74. The summed E-state index contributed by atoms with van der Waals surface area (Å²) in [6.45, 7) is 1.81. The molecule has 7 heteroatoms. The highest BCUT2D eigenvalue weighted by Crippen LogP contribution is 2.25. The highest BCUT2D eigenvalue weighted by atomic mass is 19.1. The standard InChI is InChI=1S/C20H15F2N5/c1-12-10-18(25-17-6-2-4-13-5-3-9-23-19(13)17)27-20(24-12)26-16-8-7-14(21)11-15(16)22/h2-11H,1H3,(H2,24,25,26,27). The maximum absolute atomic E-state index is 13.9. The molecule has 0 unspecified atom stereocenters. The van der Waals surface area contributed by atoms with Crippen LogP contribution in [0.3, 0.4) is 0 Å². The molecule has 2 N–H and O–H groups in total. The Kier molecular flexibility index (Phi) is 4.33. The summed E-state index contributed by atoms with van der Waals surface area (Å²) >= 11 is 0. The predicted octanol–water partition coefficient (Wildman–Crippen LogP) is 5.10. The Labute approximate surface area is 154 Å². The highest BCUT2D eigenvalue weighted by Gasteiger charge is 2.09. The number of hydrogen-bond acceptors (Lipinski definition) is 5. The van der Waals surface area contributed by atoms with Gasteiger partial charge in [0.1, 0.15) is 17.5 Å². The van der Waals surface area contributed by atoms with Crippen LogP contribution >= 0.6 is 0 Å². The van der Waals surface area contributed by atoms with Gasteiger partial charge in [0.2, 0.25) is 5.95 Å². The molecule has 2 aromatic heterocycles. The van der Waals surface area contributed by atoms with Crippen molar-refractivity contribution in [1.82, 2.24) is 15.0 Å². The van der Waals surface area contributed by atoms with Crippen LogP contribution in [0.4, 0.5) is 31.9 Å². The summed E-state index contributed by atoms with van der Waals surface area (Å²) < 4.78 is 26.9. The fraction of sp³-hybridized carbons (Fsp3) is 0.0500. The maximum Gasteiger partial charge on any atom is 0.229 e. The molecule has 0 spiro atoms. The second kappa shape index (κ2) is 6.95. The number of aromatic nitrogens is 3. The van der Waals surface area contributed by atoms with Crippen molar-refractivity contribution in [3.05, 3.63) is 78.1 Å². The molecule has 0 saturated carbocycles. The van der Waals surface area contributed by atoms with E-state index in [1.165, 1.54) is 12.1 Å². The van der Waals surface area contributed by atoms with Crippen LogP contribution in [0.2, 0.25) is 0 Å². The van der Waals surface area contributed by atoms with Gasteiger partial charge < -0.3 is 10.6 Å². The van der Waals surface area contributed by atoms with Crippen LogP contribution in [0, 0.1) is 18.6 Å². The Morgan fingerprint density at radius 2 is 1.70 bits per heavy atom. The van der Waals surface area contributed by atoms with Gasteiger partial charge in [0, 0.05) is 29.4 Å². The lowest BCUT2D eigenvalue weighted by molar-refractivity contribution is 0.586. The molecule has 0 atom stereocenters. The predicted molar refractivity (Wildman–Crippen MR) is 101 cm³/mol. The fourth-order valence-corrected chi connectivity index (χ4v) is 2.74. The van der Waals surface area contributed by atoms with Gasteiger partial charge in [0.25, 0.3) is 0 Å². The van der Waals surface area contributed by atoms with Gasteiger partial charge >= 0.3 is 0 Å². The molecular formula is C20H15F2N5. The molecule has 134 valence electrons. The van der Waals surface area contributed by atoms with Crippen LogP contribution < -0.4 is 10.6 Å². The zero-order chi connectivity index (χ0) is 18.8. The van der Waals surface area contributed by atoms with Crippen LogP contribution in [0.5, 0.6) is 0 Å². The quantitative estimate of drug-likeness (QED) is 0.528. The molecule has 0 saturated heterocycles. The lowest BCUT2D eigenvalue weighted by Gasteiger charge is -2.11. The van der Waals surface area contributed by atoms with E-state index in [1.807, 2.05) is 30.3 Å². The Hall–Kier alpha value is -3.61. The molecule has 0 radical (unpaired) electrons. The monoisotopic (exact) mass is 363 g/mol. The summed E-state index contributed by atoms with van der Waals surface area (Å²) in [4.78, 5) is 13.0. The van der Waals surface area contributed by atoms with Crippen LogP contribution in [0.15, 0.2) is 60.8 Å². The van der Waals surface area contributed by atoms with Gasteiger partial charge in [0.15, 0.2) is 0 Å². The third-order valence-electron chi connectivity index (χ3n) is 3.93. The number of anilines is 4. The first-order valence-electron chi connectivity index (χ1n) is 8.27. The van der Waals surface area contributed by atoms with Crippen molar-refractivity contribution >= 4 is 34.0 Å². The lowest BCUT2D eigenvalue weighted by atomic mass is 10.2. The number of fused-ring (bicyclic) bond motifs is 1. The number of nitrogens with one attached hydrogen (secondary N) is 2. The SMILES string of the molecule is Cc1cc(Nc2cccc3cccnc23)nc(Nc2ccc(F)cc2F)n1. The van der Waals surface area contributed by atoms with Crippen molar-refractivity contribution in [1.29, 1.82) is 0 Å². The first-order chi connectivity index (χ1) is 13.1. The van der Waals surface area contributed by atoms with Gasteiger partial charge in [-0.1, -0.05) is 18.2 Å². The number of nitrogens with zero attached hydrogens (tertiary/aromatic N) is 3. The first-order valence-corrected chi connectivity index (χ1v) is 8.27. The molecule has 4 aromatic rings. The zero-order valence-corrected chi connectivity index (χ0v) is 14.4. The number of aryl methyl sites for hydroxylation is 1. The van der Waals surface area contributed by atoms with E-state index in [2.05, 4.69) is 25.6 Å². The van der Waals surface area contributed by atoms with Gasteiger partial charge in [-0.3, -0.25) is 4.98 Å². The smallest absolute Gasteiger partial charge is 0.229 e. The molecule has 5 nitrogen and oxygen atoms in total. The van der Waals surface area contributed by atoms with Crippen molar-refractivity contribution < 1.29 is 8.78 Å². The van der Waals surface area contributed by atoms with Crippen molar-refractivity contribution in [2.24, 2.45) is 0 Å². The van der Waals surface area contributed by atoms with E-state index < -0.39 is 11.6 Å². The van der Waals surface area contributed by atoms with E-state index in [0.29, 0.717) is 11.5 Å². The average molecular weight is 363 g/mol. The zero-order valence-electron chi connectivity index (χ0n) is 14.4. The lowest BCUT2D eigenvalue weighted by Crippen LogP contribution is -2.04. The highest BCUT2D eigenvalue weighted by molar-refractivity contribution is 5.91. The maximum atomic E-state index is 13.9. The number of para-hydroxylation sites is 1. The molecule has 4 rings (SSSR count). The number of halogens is 2. The number of benzene rings is 2. The van der Waals surface area contributed by atoms with Gasteiger partial charge in [-0.05, 0) is 31.2 Å². The minimum absolute atomic E-state index is 0.0970. The minimum atomic E-state index is -0.715. The summed E-state index contributed by atoms with van der Waals surface area (Å²) in [5, 5.41) is 7.01. The molecule has 0 aliphatic rings. The minimum Gasteiger partial charge on any atom is -0.338 e. The summed E-state index contributed by atoms with van der Waals surface area (Å²) in [6, 6.07) is 14.7. The summed E-state index contributed by atoms with van der Waals surface area (Å²) in [5.74, 6) is -0.622. The van der Waals surface area contributed by atoms with E-state index >= 15 is 0 Å². The molecule has 0 aliphatic heterocycles. The van der Waals surface area contributed by atoms with Gasteiger partial charge in [-0.2, -0.15) is 4.98 Å². The largest absolute Gasteiger partial charge is 0.338 e. The summed E-state index contributed by atoms with van der Waals surface area (Å²) in [6.07, 6.45) is 1.73. The first kappa shape index (κ1) is 16.8. The Morgan fingerprint density at radius 1 is 0.852 bits per heavy atom. The summed E-state index contributed by atoms with van der Waals surface area (Å²) in [7, 11) is 0. The number of pyridine rings is 1. The third-order valence-corrected chi connectivity index (χ3v) is 3.93. The topological polar surface area (TPSA) is 62.7 Å². The Bertz CT molecular complexity index is 1130. The summed E-state index contributed by atoms with van der Waals surface area (Å²) in [5.41, 5.74) is 2.39. The van der Waals surface area contributed by atoms with E-state index in [0.717, 1.165) is 22.7 Å². The van der Waals surface area contributed by atoms with Gasteiger partial charge in [-0.25, -0.2) is 13.8 Å². The molecule has 2 heterocycles. The Morgan fingerprint density at radius 3 is 2.56 bits per heavy atom. The van der Waals surface area contributed by atoms with E-state index in [9.17, 15) is 8.78 Å². The molecule has 2 aromatic carbocycles.